The lowest BCUT2D eigenvalue weighted by Crippen LogP contribution is -2.21. The first-order chi connectivity index (χ1) is 12.2. The SMILES string of the molecule is CCCCNn1c2ccccc2c(=O)c2c3sc(NN)nc3ccc21. The molecule has 0 aliphatic heterocycles. The Morgan fingerprint density at radius 3 is 2.84 bits per heavy atom. The molecule has 6 nitrogen and oxygen atoms in total. The van der Waals surface area contributed by atoms with Gasteiger partial charge in [0.25, 0.3) is 0 Å². The smallest absolute Gasteiger partial charge is 0.198 e. The fraction of sp³-hybridized carbons (Fsp3) is 0.222. The summed E-state index contributed by atoms with van der Waals surface area (Å²) in [6.45, 7) is 3.00. The summed E-state index contributed by atoms with van der Waals surface area (Å²) in [5, 5.41) is 1.97. The van der Waals surface area contributed by atoms with Gasteiger partial charge in [-0.05, 0) is 30.7 Å². The Morgan fingerprint density at radius 1 is 1.20 bits per heavy atom. The molecule has 128 valence electrons. The van der Waals surface area contributed by atoms with Crippen molar-refractivity contribution in [1.29, 1.82) is 0 Å². The number of benzene rings is 2. The van der Waals surface area contributed by atoms with E-state index in [-0.39, 0.29) is 5.43 Å². The molecule has 0 bridgehead atoms. The van der Waals surface area contributed by atoms with Crippen LogP contribution >= 0.6 is 11.3 Å². The summed E-state index contributed by atoms with van der Waals surface area (Å²) in [5.41, 5.74) is 8.59. The predicted octanol–water partition coefficient (Wildman–Crippen LogP) is 3.39. The topological polar surface area (TPSA) is 85.0 Å². The summed E-state index contributed by atoms with van der Waals surface area (Å²) in [4.78, 5) is 17.6. The van der Waals surface area contributed by atoms with Crippen molar-refractivity contribution >= 4 is 48.5 Å². The van der Waals surface area contributed by atoms with Crippen LogP contribution in [0.2, 0.25) is 0 Å². The summed E-state index contributed by atoms with van der Waals surface area (Å²) in [5.74, 6) is 5.50. The van der Waals surface area contributed by atoms with E-state index >= 15 is 0 Å². The molecule has 0 atom stereocenters. The van der Waals surface area contributed by atoms with Gasteiger partial charge in [0.1, 0.15) is 0 Å². The number of para-hydroxylation sites is 1. The van der Waals surface area contributed by atoms with Gasteiger partial charge in [-0.1, -0.05) is 36.8 Å². The van der Waals surface area contributed by atoms with Crippen molar-refractivity contribution in [1.82, 2.24) is 9.66 Å². The average molecular weight is 353 g/mol. The van der Waals surface area contributed by atoms with Crippen molar-refractivity contribution in [2.24, 2.45) is 5.84 Å². The molecule has 7 heteroatoms. The highest BCUT2D eigenvalue weighted by Gasteiger charge is 2.15. The number of hydrogen-bond donors (Lipinski definition) is 3. The van der Waals surface area contributed by atoms with Crippen molar-refractivity contribution < 1.29 is 0 Å². The molecule has 0 saturated carbocycles. The third-order valence-corrected chi connectivity index (χ3v) is 5.34. The van der Waals surface area contributed by atoms with Crippen LogP contribution in [0.15, 0.2) is 41.2 Å². The number of nitrogens with one attached hydrogen (secondary N) is 2. The molecule has 0 saturated heterocycles. The Kier molecular flexibility index (Phi) is 4.03. The van der Waals surface area contributed by atoms with E-state index in [9.17, 15) is 4.79 Å². The number of nitrogens with zero attached hydrogens (tertiary/aromatic N) is 2. The van der Waals surface area contributed by atoms with Crippen LogP contribution < -0.4 is 22.1 Å². The monoisotopic (exact) mass is 353 g/mol. The maximum Gasteiger partial charge on any atom is 0.198 e. The summed E-state index contributed by atoms with van der Waals surface area (Å²) in [6, 6.07) is 11.6. The number of nitrogens with two attached hydrogens (primary N) is 1. The molecule has 0 amide bonds. The van der Waals surface area contributed by atoms with E-state index in [0.29, 0.717) is 15.9 Å². The summed E-state index contributed by atoms with van der Waals surface area (Å²) in [6.07, 6.45) is 2.17. The van der Waals surface area contributed by atoms with Gasteiger partial charge in [-0.15, -0.1) is 0 Å². The van der Waals surface area contributed by atoms with Crippen LogP contribution in [0.4, 0.5) is 5.13 Å². The lowest BCUT2D eigenvalue weighted by atomic mass is 10.1. The molecule has 0 radical (unpaired) electrons. The minimum Gasteiger partial charge on any atom is -0.325 e. The van der Waals surface area contributed by atoms with Crippen molar-refractivity contribution in [2.75, 3.05) is 17.4 Å². The molecule has 2 heterocycles. The lowest BCUT2D eigenvalue weighted by Gasteiger charge is -2.17. The Labute approximate surface area is 148 Å². The van der Waals surface area contributed by atoms with Crippen LogP contribution in [-0.4, -0.2) is 16.2 Å². The second kappa shape index (κ2) is 6.34. The van der Waals surface area contributed by atoms with E-state index in [0.717, 1.165) is 40.6 Å². The minimum atomic E-state index is 0.0250. The van der Waals surface area contributed by atoms with E-state index in [1.165, 1.54) is 11.3 Å². The van der Waals surface area contributed by atoms with Crippen LogP contribution in [0.3, 0.4) is 0 Å². The third-order valence-electron chi connectivity index (χ3n) is 4.32. The van der Waals surface area contributed by atoms with Gasteiger partial charge in [0.05, 0.1) is 26.6 Å². The average Bonchev–Trinajstić information content (AvgIpc) is 3.07. The second-order valence-corrected chi connectivity index (χ2v) is 6.91. The van der Waals surface area contributed by atoms with Crippen LogP contribution in [0.1, 0.15) is 19.8 Å². The first kappa shape index (κ1) is 15.9. The van der Waals surface area contributed by atoms with Gasteiger partial charge < -0.3 is 5.43 Å². The van der Waals surface area contributed by atoms with E-state index in [2.05, 4.69) is 22.8 Å². The molecule has 4 rings (SSSR count). The zero-order chi connectivity index (χ0) is 17.4. The Bertz CT molecular complexity index is 1130. The lowest BCUT2D eigenvalue weighted by molar-refractivity contribution is 0.773. The van der Waals surface area contributed by atoms with Gasteiger partial charge >= 0.3 is 0 Å². The molecule has 4 aromatic rings. The number of nitrogen functional groups attached to an aromatic ring is 1. The van der Waals surface area contributed by atoms with Crippen LogP contribution in [0.25, 0.3) is 32.0 Å². The van der Waals surface area contributed by atoms with E-state index < -0.39 is 0 Å². The first-order valence-corrected chi connectivity index (χ1v) is 9.13. The van der Waals surface area contributed by atoms with Gasteiger partial charge in [0.2, 0.25) is 0 Å². The number of fused-ring (bicyclic) bond motifs is 4. The number of pyridine rings is 1. The summed E-state index contributed by atoms with van der Waals surface area (Å²) in [7, 11) is 0. The first-order valence-electron chi connectivity index (χ1n) is 8.32. The maximum atomic E-state index is 13.2. The third kappa shape index (κ3) is 2.52. The molecule has 4 N–H and O–H groups in total. The number of unbranched alkanes of at least 4 members (excludes halogenated alkanes) is 1. The normalized spacial score (nSPS) is 11.4. The zero-order valence-corrected chi connectivity index (χ0v) is 14.7. The Hall–Kier alpha value is -2.64. The molecule has 0 fully saturated rings. The second-order valence-electron chi connectivity index (χ2n) is 5.91. The molecule has 0 aliphatic carbocycles. The van der Waals surface area contributed by atoms with E-state index in [1.54, 1.807) is 0 Å². The number of thiazole rings is 1. The summed E-state index contributed by atoms with van der Waals surface area (Å²) < 4.78 is 2.88. The summed E-state index contributed by atoms with van der Waals surface area (Å²) >= 11 is 1.40. The van der Waals surface area contributed by atoms with Crippen molar-refractivity contribution in [3.8, 4) is 0 Å². The molecule has 0 unspecified atom stereocenters. The highest BCUT2D eigenvalue weighted by Crippen LogP contribution is 2.32. The molecular formula is C18H19N5OS. The molecule has 0 aliphatic rings. The zero-order valence-electron chi connectivity index (χ0n) is 13.9. The van der Waals surface area contributed by atoms with Gasteiger partial charge in [-0.3, -0.25) is 14.9 Å². The molecule has 25 heavy (non-hydrogen) atoms. The number of aromatic nitrogens is 2. The van der Waals surface area contributed by atoms with Crippen molar-refractivity contribution in [3.63, 3.8) is 0 Å². The van der Waals surface area contributed by atoms with Gasteiger partial charge in [-0.25, -0.2) is 10.8 Å². The van der Waals surface area contributed by atoms with Gasteiger partial charge in [0, 0.05) is 11.9 Å². The van der Waals surface area contributed by atoms with Gasteiger partial charge in [0.15, 0.2) is 10.6 Å². The minimum absolute atomic E-state index is 0.0250. The number of anilines is 1. The standard InChI is InChI=1S/C18H19N5OS/c1-2-3-10-20-23-13-7-5-4-6-11(13)16(24)15-14(23)9-8-12-17(15)25-18(21-12)22-19/h4-9,20H,2-3,10,19H2,1H3,(H,21,22). The number of hydrazine groups is 1. The van der Waals surface area contributed by atoms with Gasteiger partial charge in [-0.2, -0.15) is 0 Å². The van der Waals surface area contributed by atoms with E-state index in [4.69, 9.17) is 5.84 Å². The fourth-order valence-electron chi connectivity index (χ4n) is 3.11. The fourth-order valence-corrected chi connectivity index (χ4v) is 4.03. The highest BCUT2D eigenvalue weighted by atomic mass is 32.1. The van der Waals surface area contributed by atoms with E-state index in [1.807, 2.05) is 41.1 Å². The van der Waals surface area contributed by atoms with Crippen molar-refractivity contribution in [2.45, 2.75) is 19.8 Å². The Balaban J connectivity index is 2.11. The van der Waals surface area contributed by atoms with Crippen LogP contribution in [-0.2, 0) is 0 Å². The van der Waals surface area contributed by atoms with Crippen LogP contribution in [0.5, 0.6) is 0 Å². The highest BCUT2D eigenvalue weighted by molar-refractivity contribution is 7.23. The maximum absolute atomic E-state index is 13.2. The quantitative estimate of drug-likeness (QED) is 0.222. The van der Waals surface area contributed by atoms with Crippen LogP contribution in [0, 0.1) is 0 Å². The predicted molar refractivity (Wildman–Crippen MR) is 106 cm³/mol. The Morgan fingerprint density at radius 2 is 2.04 bits per heavy atom. The largest absolute Gasteiger partial charge is 0.325 e. The van der Waals surface area contributed by atoms with Crippen molar-refractivity contribution in [3.05, 3.63) is 46.6 Å². The molecular weight excluding hydrogens is 334 g/mol. The number of hydrogen-bond acceptors (Lipinski definition) is 6. The molecule has 2 aromatic heterocycles. The molecule has 0 spiro atoms. The number of rotatable bonds is 5. The molecule has 2 aromatic carbocycles.